The molecule has 0 spiro atoms. The number of nitrogens with zero attached hydrogens (tertiary/aromatic N) is 2. The molecule has 31 heavy (non-hydrogen) atoms. The Hall–Kier alpha value is -2.67. The molecule has 0 saturated carbocycles. The summed E-state index contributed by atoms with van der Waals surface area (Å²) in [5.41, 5.74) is 3.13. The molecule has 0 aliphatic carbocycles. The Kier molecular flexibility index (Phi) is 6.41. The summed E-state index contributed by atoms with van der Waals surface area (Å²) >= 11 is 13.6. The van der Waals surface area contributed by atoms with Gasteiger partial charge in [-0.15, -0.1) is 11.3 Å². The second-order valence-electron chi connectivity index (χ2n) is 7.10. The van der Waals surface area contributed by atoms with Crippen LogP contribution in [0.4, 0.5) is 10.8 Å². The standard InChI is InChI=1S/C23H19Cl2N3O2S/c1-2-21(29)28-10-4-6-17-18(5-3-7-20(17)28)22(30)27-23-26-13-16(31-23)11-14-8-9-15(24)12-19(14)25/h2-3,5,7-9,12-13H,1,4,6,10-11H2,(H,26,27,30). The number of carbonyl (C=O) groups excluding carboxylic acids is 2. The molecule has 1 N–H and O–H groups in total. The van der Waals surface area contributed by atoms with Gasteiger partial charge in [-0.25, -0.2) is 4.98 Å². The van der Waals surface area contributed by atoms with Gasteiger partial charge in [0, 0.05) is 45.3 Å². The zero-order valence-corrected chi connectivity index (χ0v) is 18.9. The minimum absolute atomic E-state index is 0.163. The van der Waals surface area contributed by atoms with Crippen molar-refractivity contribution in [3.8, 4) is 0 Å². The molecule has 2 heterocycles. The Morgan fingerprint density at radius 1 is 1.26 bits per heavy atom. The summed E-state index contributed by atoms with van der Waals surface area (Å²) in [6, 6.07) is 10.8. The third-order valence-electron chi connectivity index (χ3n) is 5.09. The first-order chi connectivity index (χ1) is 15.0. The van der Waals surface area contributed by atoms with Gasteiger partial charge in [-0.1, -0.05) is 41.9 Å². The second kappa shape index (κ2) is 9.22. The van der Waals surface area contributed by atoms with Gasteiger partial charge in [0.25, 0.3) is 5.91 Å². The fourth-order valence-corrected chi connectivity index (χ4v) is 4.95. The van der Waals surface area contributed by atoms with Crippen molar-refractivity contribution in [1.29, 1.82) is 0 Å². The normalized spacial score (nSPS) is 12.9. The molecule has 0 bridgehead atoms. The van der Waals surface area contributed by atoms with Gasteiger partial charge >= 0.3 is 0 Å². The summed E-state index contributed by atoms with van der Waals surface area (Å²) in [6.45, 7) is 4.19. The molecule has 3 aromatic rings. The third kappa shape index (κ3) is 4.66. The van der Waals surface area contributed by atoms with Gasteiger partial charge in [0.15, 0.2) is 5.13 Å². The first-order valence-electron chi connectivity index (χ1n) is 9.72. The molecule has 158 valence electrons. The molecular weight excluding hydrogens is 453 g/mol. The SMILES string of the molecule is C=CC(=O)N1CCCc2c(C(=O)Nc3ncc(Cc4ccc(Cl)cc4Cl)s3)cccc21. The molecule has 2 aromatic carbocycles. The average Bonchev–Trinajstić information content (AvgIpc) is 3.21. The maximum atomic E-state index is 13.0. The minimum Gasteiger partial charge on any atom is -0.309 e. The smallest absolute Gasteiger partial charge is 0.257 e. The largest absolute Gasteiger partial charge is 0.309 e. The lowest BCUT2D eigenvalue weighted by Crippen LogP contribution is -2.35. The molecule has 0 fully saturated rings. The number of amides is 2. The van der Waals surface area contributed by atoms with Crippen LogP contribution in [0.25, 0.3) is 0 Å². The summed E-state index contributed by atoms with van der Waals surface area (Å²) in [5.74, 6) is -0.404. The molecule has 0 unspecified atom stereocenters. The number of benzene rings is 2. The number of aromatic nitrogens is 1. The zero-order valence-electron chi connectivity index (χ0n) is 16.5. The fraction of sp³-hybridized carbons (Fsp3) is 0.174. The van der Waals surface area contributed by atoms with Crippen LogP contribution in [0.5, 0.6) is 0 Å². The average molecular weight is 472 g/mol. The van der Waals surface area contributed by atoms with E-state index >= 15 is 0 Å². The minimum atomic E-state index is -0.241. The lowest BCUT2D eigenvalue weighted by Gasteiger charge is -2.29. The van der Waals surface area contributed by atoms with Crippen LogP contribution in [0.1, 0.15) is 32.8 Å². The highest BCUT2D eigenvalue weighted by atomic mass is 35.5. The van der Waals surface area contributed by atoms with E-state index in [2.05, 4.69) is 16.9 Å². The number of rotatable bonds is 5. The van der Waals surface area contributed by atoms with E-state index in [1.165, 1.54) is 17.4 Å². The van der Waals surface area contributed by atoms with Crippen molar-refractivity contribution in [2.24, 2.45) is 0 Å². The number of anilines is 2. The molecule has 5 nitrogen and oxygen atoms in total. The summed E-state index contributed by atoms with van der Waals surface area (Å²) in [5, 5.41) is 4.59. The van der Waals surface area contributed by atoms with Gasteiger partial charge in [0.1, 0.15) is 0 Å². The van der Waals surface area contributed by atoms with Gasteiger partial charge < -0.3 is 4.90 Å². The van der Waals surface area contributed by atoms with Crippen LogP contribution >= 0.6 is 34.5 Å². The second-order valence-corrected chi connectivity index (χ2v) is 9.06. The Labute approximate surface area is 194 Å². The topological polar surface area (TPSA) is 62.3 Å². The van der Waals surface area contributed by atoms with E-state index in [1.54, 1.807) is 35.4 Å². The van der Waals surface area contributed by atoms with Crippen molar-refractivity contribution in [1.82, 2.24) is 4.98 Å². The molecular formula is C23H19Cl2N3O2S. The zero-order chi connectivity index (χ0) is 22.0. The number of nitrogens with one attached hydrogen (secondary N) is 1. The summed E-state index contributed by atoms with van der Waals surface area (Å²) in [6.07, 6.45) is 5.16. The number of hydrogen-bond donors (Lipinski definition) is 1. The van der Waals surface area contributed by atoms with E-state index in [-0.39, 0.29) is 11.8 Å². The number of fused-ring (bicyclic) bond motifs is 1. The van der Waals surface area contributed by atoms with Crippen LogP contribution in [0.15, 0.2) is 55.3 Å². The van der Waals surface area contributed by atoms with Gasteiger partial charge in [-0.05, 0) is 54.3 Å². The monoisotopic (exact) mass is 471 g/mol. The maximum Gasteiger partial charge on any atom is 0.257 e. The molecule has 4 rings (SSSR count). The number of halogens is 2. The number of hydrogen-bond acceptors (Lipinski definition) is 4. The lowest BCUT2D eigenvalue weighted by molar-refractivity contribution is -0.114. The quantitative estimate of drug-likeness (QED) is 0.481. The first-order valence-corrected chi connectivity index (χ1v) is 11.3. The Morgan fingerprint density at radius 2 is 2.10 bits per heavy atom. The predicted octanol–water partition coefficient (Wildman–Crippen LogP) is 5.76. The van der Waals surface area contributed by atoms with E-state index in [4.69, 9.17) is 23.2 Å². The number of thiazole rings is 1. The summed E-state index contributed by atoms with van der Waals surface area (Å²) in [7, 11) is 0. The van der Waals surface area contributed by atoms with Crippen molar-refractivity contribution in [2.75, 3.05) is 16.8 Å². The van der Waals surface area contributed by atoms with Crippen molar-refractivity contribution < 1.29 is 9.59 Å². The van der Waals surface area contributed by atoms with E-state index in [0.29, 0.717) is 33.7 Å². The van der Waals surface area contributed by atoms with Gasteiger partial charge in [0.05, 0.1) is 0 Å². The molecule has 1 aliphatic rings. The molecule has 1 aromatic heterocycles. The molecule has 0 radical (unpaired) electrons. The fourth-order valence-electron chi connectivity index (χ4n) is 3.64. The Bertz CT molecular complexity index is 1180. The molecule has 0 saturated heterocycles. The Morgan fingerprint density at radius 3 is 2.87 bits per heavy atom. The van der Waals surface area contributed by atoms with Crippen molar-refractivity contribution in [3.63, 3.8) is 0 Å². The van der Waals surface area contributed by atoms with Crippen LogP contribution in [-0.2, 0) is 17.6 Å². The lowest BCUT2D eigenvalue weighted by atomic mass is 9.95. The third-order valence-corrected chi connectivity index (χ3v) is 6.59. The van der Waals surface area contributed by atoms with E-state index in [1.807, 2.05) is 12.1 Å². The summed E-state index contributed by atoms with van der Waals surface area (Å²) in [4.78, 5) is 32.1. The highest BCUT2D eigenvalue weighted by molar-refractivity contribution is 7.15. The van der Waals surface area contributed by atoms with Crippen molar-refractivity contribution in [3.05, 3.63) is 86.9 Å². The summed E-state index contributed by atoms with van der Waals surface area (Å²) < 4.78 is 0. The van der Waals surface area contributed by atoms with Crippen molar-refractivity contribution >= 4 is 57.2 Å². The first kappa shape index (κ1) is 21.6. The van der Waals surface area contributed by atoms with Gasteiger partial charge in [0.2, 0.25) is 5.91 Å². The van der Waals surface area contributed by atoms with Gasteiger partial charge in [-0.2, -0.15) is 0 Å². The Balaban J connectivity index is 1.52. The molecule has 0 atom stereocenters. The van der Waals surface area contributed by atoms with Crippen LogP contribution < -0.4 is 10.2 Å². The molecule has 1 aliphatic heterocycles. The van der Waals surface area contributed by atoms with Crippen LogP contribution in [0.3, 0.4) is 0 Å². The maximum absolute atomic E-state index is 13.0. The highest BCUT2D eigenvalue weighted by Crippen LogP contribution is 2.31. The van der Waals surface area contributed by atoms with Crippen LogP contribution in [0.2, 0.25) is 10.0 Å². The predicted molar refractivity (Wildman–Crippen MR) is 127 cm³/mol. The molecule has 2 amide bonds. The van der Waals surface area contributed by atoms with E-state index < -0.39 is 0 Å². The van der Waals surface area contributed by atoms with Crippen LogP contribution in [0, 0.1) is 0 Å². The van der Waals surface area contributed by atoms with Crippen LogP contribution in [-0.4, -0.2) is 23.3 Å². The molecule has 8 heteroatoms. The van der Waals surface area contributed by atoms with Crippen molar-refractivity contribution in [2.45, 2.75) is 19.3 Å². The highest BCUT2D eigenvalue weighted by Gasteiger charge is 2.25. The number of carbonyl (C=O) groups is 2. The van der Waals surface area contributed by atoms with E-state index in [0.717, 1.165) is 34.5 Å². The van der Waals surface area contributed by atoms with Gasteiger partial charge in [-0.3, -0.25) is 14.9 Å². The van der Waals surface area contributed by atoms with E-state index in [9.17, 15) is 9.59 Å².